The van der Waals surface area contributed by atoms with Crippen molar-refractivity contribution in [3.8, 4) is 0 Å². The molecule has 1 aromatic heterocycles. The van der Waals surface area contributed by atoms with E-state index in [1.807, 2.05) is 0 Å². The summed E-state index contributed by atoms with van der Waals surface area (Å²) in [6.45, 7) is 10.6. The van der Waals surface area contributed by atoms with Gasteiger partial charge in [0.1, 0.15) is 0 Å². The molecule has 19 heavy (non-hydrogen) atoms. The van der Waals surface area contributed by atoms with Gasteiger partial charge in [-0.05, 0) is 25.1 Å². The van der Waals surface area contributed by atoms with Gasteiger partial charge in [-0.3, -0.25) is 0 Å². The minimum absolute atomic E-state index is 0.382. The second-order valence-electron chi connectivity index (χ2n) is 5.51. The van der Waals surface area contributed by atoms with Crippen molar-refractivity contribution < 1.29 is 0 Å². The average Bonchev–Trinajstić information content (AvgIpc) is 2.58. The average molecular weight is 280 g/mol. The number of hydrogen-bond donors (Lipinski definition) is 1. The van der Waals surface area contributed by atoms with Crippen LogP contribution in [-0.2, 0) is 6.54 Å². The molecule has 0 atom stereocenters. The van der Waals surface area contributed by atoms with Crippen LogP contribution >= 0.6 is 11.8 Å². The third-order valence-electron chi connectivity index (χ3n) is 3.42. The SMILES string of the molecule is CCNCc1ccc(N2CCSC(C)(C)CC2)nn1. The van der Waals surface area contributed by atoms with Crippen molar-refractivity contribution in [3.63, 3.8) is 0 Å². The third kappa shape index (κ3) is 4.35. The van der Waals surface area contributed by atoms with Crippen molar-refractivity contribution in [2.24, 2.45) is 0 Å². The van der Waals surface area contributed by atoms with E-state index in [1.54, 1.807) is 0 Å². The fraction of sp³-hybridized carbons (Fsp3) is 0.714. The van der Waals surface area contributed by atoms with Gasteiger partial charge >= 0.3 is 0 Å². The molecule has 0 saturated carbocycles. The number of rotatable bonds is 4. The van der Waals surface area contributed by atoms with Crippen LogP contribution in [0, 0.1) is 0 Å². The van der Waals surface area contributed by atoms with Crippen LogP contribution < -0.4 is 10.2 Å². The highest BCUT2D eigenvalue weighted by Crippen LogP contribution is 2.31. The fourth-order valence-electron chi connectivity index (χ4n) is 2.12. The molecule has 1 N–H and O–H groups in total. The first-order valence-corrected chi connectivity index (χ1v) is 8.01. The molecular formula is C14H24N4S. The quantitative estimate of drug-likeness (QED) is 0.916. The van der Waals surface area contributed by atoms with E-state index in [9.17, 15) is 0 Å². The standard InChI is InChI=1S/C14H24N4S/c1-4-15-11-12-5-6-13(17-16-12)18-8-7-14(2,3)19-10-9-18/h5-6,15H,4,7-11H2,1-3H3. The zero-order valence-electron chi connectivity index (χ0n) is 12.1. The Bertz CT molecular complexity index is 391. The molecule has 0 aromatic carbocycles. The molecule has 1 aliphatic heterocycles. The van der Waals surface area contributed by atoms with Crippen molar-refractivity contribution in [1.29, 1.82) is 0 Å². The smallest absolute Gasteiger partial charge is 0.151 e. The molecule has 1 aliphatic rings. The molecule has 0 bridgehead atoms. The summed E-state index contributed by atoms with van der Waals surface area (Å²) in [5.41, 5.74) is 1.01. The first-order valence-electron chi connectivity index (χ1n) is 7.03. The highest BCUT2D eigenvalue weighted by molar-refractivity contribution is 8.00. The molecule has 1 aromatic rings. The van der Waals surface area contributed by atoms with Gasteiger partial charge in [-0.1, -0.05) is 20.8 Å². The van der Waals surface area contributed by atoms with Crippen molar-refractivity contribution in [2.45, 2.75) is 38.5 Å². The maximum atomic E-state index is 4.37. The van der Waals surface area contributed by atoms with Gasteiger partial charge in [-0.15, -0.1) is 5.10 Å². The van der Waals surface area contributed by atoms with Gasteiger partial charge in [0.05, 0.1) is 5.69 Å². The van der Waals surface area contributed by atoms with Crippen molar-refractivity contribution in [1.82, 2.24) is 15.5 Å². The first-order chi connectivity index (χ1) is 9.11. The largest absolute Gasteiger partial charge is 0.354 e. The van der Waals surface area contributed by atoms with Gasteiger partial charge in [0, 0.05) is 30.1 Å². The topological polar surface area (TPSA) is 41.0 Å². The minimum Gasteiger partial charge on any atom is -0.354 e. The molecule has 0 radical (unpaired) electrons. The summed E-state index contributed by atoms with van der Waals surface area (Å²) in [5.74, 6) is 2.17. The summed E-state index contributed by atoms with van der Waals surface area (Å²) < 4.78 is 0.382. The van der Waals surface area contributed by atoms with Crippen LogP contribution in [0.15, 0.2) is 12.1 Å². The van der Waals surface area contributed by atoms with E-state index in [0.29, 0.717) is 4.75 Å². The summed E-state index contributed by atoms with van der Waals surface area (Å²) in [6.07, 6.45) is 1.19. The molecular weight excluding hydrogens is 256 g/mol. The monoisotopic (exact) mass is 280 g/mol. The third-order valence-corrected chi connectivity index (χ3v) is 4.80. The van der Waals surface area contributed by atoms with Crippen molar-refractivity contribution in [3.05, 3.63) is 17.8 Å². The highest BCUT2D eigenvalue weighted by atomic mass is 32.2. The molecule has 106 valence electrons. The predicted molar refractivity (Wildman–Crippen MR) is 82.8 cm³/mol. The van der Waals surface area contributed by atoms with E-state index < -0.39 is 0 Å². The number of thioether (sulfide) groups is 1. The molecule has 1 saturated heterocycles. The fourth-order valence-corrected chi connectivity index (χ4v) is 3.22. The summed E-state index contributed by atoms with van der Waals surface area (Å²) in [6, 6.07) is 4.18. The van der Waals surface area contributed by atoms with Gasteiger partial charge in [-0.25, -0.2) is 0 Å². The summed E-state index contributed by atoms with van der Waals surface area (Å²) in [4.78, 5) is 2.35. The van der Waals surface area contributed by atoms with Gasteiger partial charge in [0.2, 0.25) is 0 Å². The normalized spacial score (nSPS) is 19.2. The maximum absolute atomic E-state index is 4.37. The molecule has 5 heteroatoms. The molecule has 0 aliphatic carbocycles. The molecule has 4 nitrogen and oxygen atoms in total. The van der Waals surface area contributed by atoms with Crippen molar-refractivity contribution in [2.75, 3.05) is 30.3 Å². The first kappa shape index (κ1) is 14.6. The van der Waals surface area contributed by atoms with Crippen molar-refractivity contribution >= 4 is 17.6 Å². The van der Waals surface area contributed by atoms with Crippen LogP contribution in [0.3, 0.4) is 0 Å². The Balaban J connectivity index is 1.97. The van der Waals surface area contributed by atoms with Crippen LogP contribution in [0.2, 0.25) is 0 Å². The van der Waals surface area contributed by atoms with E-state index in [4.69, 9.17) is 0 Å². The zero-order valence-corrected chi connectivity index (χ0v) is 13.0. The molecule has 2 rings (SSSR count). The Labute approximate surface area is 120 Å². The van der Waals surface area contributed by atoms with Crippen LogP contribution in [0.4, 0.5) is 5.82 Å². The minimum atomic E-state index is 0.382. The lowest BCUT2D eigenvalue weighted by atomic mass is 10.1. The van der Waals surface area contributed by atoms with E-state index >= 15 is 0 Å². The van der Waals surface area contributed by atoms with Crippen LogP contribution in [-0.4, -0.2) is 40.3 Å². The van der Waals surface area contributed by atoms with Crippen LogP contribution in [0.5, 0.6) is 0 Å². The Morgan fingerprint density at radius 3 is 2.84 bits per heavy atom. The second kappa shape index (κ2) is 6.57. The van der Waals surface area contributed by atoms with Gasteiger partial charge in [-0.2, -0.15) is 16.9 Å². The lowest BCUT2D eigenvalue weighted by Gasteiger charge is -2.23. The summed E-state index contributed by atoms with van der Waals surface area (Å²) in [5, 5.41) is 11.9. The molecule has 2 heterocycles. The Morgan fingerprint density at radius 1 is 1.32 bits per heavy atom. The molecule has 0 unspecified atom stereocenters. The Morgan fingerprint density at radius 2 is 2.16 bits per heavy atom. The summed E-state index contributed by atoms with van der Waals surface area (Å²) in [7, 11) is 0. The number of anilines is 1. The van der Waals surface area contributed by atoms with Crippen LogP contribution in [0.25, 0.3) is 0 Å². The van der Waals surface area contributed by atoms with Gasteiger partial charge < -0.3 is 10.2 Å². The van der Waals surface area contributed by atoms with Gasteiger partial charge in [0.15, 0.2) is 5.82 Å². The highest BCUT2D eigenvalue weighted by Gasteiger charge is 2.24. The number of nitrogens with one attached hydrogen (secondary N) is 1. The number of nitrogens with zero attached hydrogens (tertiary/aromatic N) is 3. The van der Waals surface area contributed by atoms with E-state index in [1.165, 1.54) is 6.42 Å². The maximum Gasteiger partial charge on any atom is 0.151 e. The summed E-state index contributed by atoms with van der Waals surface area (Å²) >= 11 is 2.05. The molecule has 0 amide bonds. The lowest BCUT2D eigenvalue weighted by Crippen LogP contribution is -2.28. The number of hydrogen-bond acceptors (Lipinski definition) is 5. The van der Waals surface area contributed by atoms with Crippen LogP contribution in [0.1, 0.15) is 32.9 Å². The zero-order chi connectivity index (χ0) is 13.7. The molecule has 1 fully saturated rings. The Hall–Kier alpha value is -0.810. The Kier molecular flexibility index (Phi) is 5.05. The molecule has 0 spiro atoms. The van der Waals surface area contributed by atoms with Gasteiger partial charge in [0.25, 0.3) is 0 Å². The second-order valence-corrected chi connectivity index (χ2v) is 7.31. The number of aromatic nitrogens is 2. The van der Waals surface area contributed by atoms with E-state index in [2.05, 4.69) is 65.1 Å². The lowest BCUT2D eigenvalue weighted by molar-refractivity contribution is 0.631. The van der Waals surface area contributed by atoms with E-state index in [-0.39, 0.29) is 0 Å². The van der Waals surface area contributed by atoms with E-state index in [0.717, 1.165) is 43.4 Å². The predicted octanol–water partition coefficient (Wildman–Crippen LogP) is 2.31.